The van der Waals surface area contributed by atoms with Crippen molar-refractivity contribution in [1.29, 1.82) is 0 Å². The number of aliphatic hydroxyl groups excluding tert-OH is 1. The first-order chi connectivity index (χ1) is 13.9. The maximum atomic E-state index is 12.6. The molecule has 0 rings (SSSR count). The molecule has 0 saturated heterocycles. The molecule has 0 aliphatic rings. The molecule has 0 saturated carbocycles. The smallest absolute Gasteiger partial charge is 0.326 e. The average molecular weight is 450 g/mol. The zero-order valence-electron chi connectivity index (χ0n) is 17.0. The van der Waals surface area contributed by atoms with E-state index in [1.807, 2.05) is 0 Å². The van der Waals surface area contributed by atoms with E-state index in [1.165, 1.54) is 0 Å². The SMILES string of the molecule is CC(C)CC(NC(=O)C(CS)NC(=O)C(N)CO)C(=O)NC(CCC(N)=O)C(=O)O. The number of hydrogen-bond donors (Lipinski definition) is 8. The van der Waals surface area contributed by atoms with Crippen LogP contribution in [0.5, 0.6) is 0 Å². The van der Waals surface area contributed by atoms with Crippen LogP contribution in [0.15, 0.2) is 0 Å². The molecule has 4 amide bonds. The number of carboxylic acid groups (broad SMARTS) is 1. The Morgan fingerprint density at radius 3 is 1.87 bits per heavy atom. The highest BCUT2D eigenvalue weighted by Crippen LogP contribution is 2.07. The molecule has 0 spiro atoms. The Morgan fingerprint density at radius 2 is 1.43 bits per heavy atom. The van der Waals surface area contributed by atoms with Crippen molar-refractivity contribution in [3.63, 3.8) is 0 Å². The molecule has 0 radical (unpaired) electrons. The summed E-state index contributed by atoms with van der Waals surface area (Å²) in [4.78, 5) is 59.1. The number of carbonyl (C=O) groups excluding carboxylic acids is 4. The Hall–Kier alpha value is -2.38. The van der Waals surface area contributed by atoms with Crippen LogP contribution < -0.4 is 27.4 Å². The molecule has 0 heterocycles. The van der Waals surface area contributed by atoms with Crippen molar-refractivity contribution in [1.82, 2.24) is 16.0 Å². The number of carbonyl (C=O) groups is 5. The van der Waals surface area contributed by atoms with E-state index in [9.17, 15) is 29.1 Å². The van der Waals surface area contributed by atoms with Gasteiger partial charge < -0.3 is 37.6 Å². The van der Waals surface area contributed by atoms with Gasteiger partial charge in [0.25, 0.3) is 0 Å². The second-order valence-corrected chi connectivity index (χ2v) is 7.49. The molecule has 0 aromatic carbocycles. The van der Waals surface area contributed by atoms with Crippen LogP contribution in [0.2, 0.25) is 0 Å². The zero-order valence-corrected chi connectivity index (χ0v) is 17.9. The van der Waals surface area contributed by atoms with Crippen molar-refractivity contribution < 1.29 is 34.2 Å². The van der Waals surface area contributed by atoms with Gasteiger partial charge in [-0.25, -0.2) is 4.79 Å². The van der Waals surface area contributed by atoms with E-state index in [2.05, 4.69) is 28.6 Å². The molecule has 4 atom stereocenters. The van der Waals surface area contributed by atoms with E-state index in [1.54, 1.807) is 13.8 Å². The van der Waals surface area contributed by atoms with E-state index in [0.717, 1.165) is 0 Å². The van der Waals surface area contributed by atoms with Crippen LogP contribution in [0.25, 0.3) is 0 Å². The number of aliphatic hydroxyl groups is 1. The Kier molecular flexibility index (Phi) is 12.7. The van der Waals surface area contributed by atoms with Gasteiger partial charge in [0.2, 0.25) is 23.6 Å². The van der Waals surface area contributed by atoms with E-state index in [-0.39, 0.29) is 30.9 Å². The first kappa shape index (κ1) is 27.6. The fourth-order valence-corrected chi connectivity index (χ4v) is 2.60. The summed E-state index contributed by atoms with van der Waals surface area (Å²) < 4.78 is 0. The fourth-order valence-electron chi connectivity index (χ4n) is 2.35. The third-order valence-corrected chi connectivity index (χ3v) is 4.35. The van der Waals surface area contributed by atoms with Crippen LogP contribution in [0.1, 0.15) is 33.1 Å². The molecular weight excluding hydrogens is 418 g/mol. The summed E-state index contributed by atoms with van der Waals surface area (Å²) in [6.45, 7) is 2.98. The molecule has 0 aliphatic carbocycles. The normalized spacial score (nSPS) is 14.9. The molecule has 0 aliphatic heterocycles. The molecule has 0 bridgehead atoms. The second-order valence-electron chi connectivity index (χ2n) is 7.13. The van der Waals surface area contributed by atoms with Crippen LogP contribution in [0, 0.1) is 5.92 Å². The number of hydrogen-bond acceptors (Lipinski definition) is 8. The highest BCUT2D eigenvalue weighted by atomic mass is 32.1. The highest BCUT2D eigenvalue weighted by molar-refractivity contribution is 7.80. The number of rotatable bonds is 14. The summed E-state index contributed by atoms with van der Waals surface area (Å²) in [5.41, 5.74) is 10.4. The lowest BCUT2D eigenvalue weighted by molar-refractivity contribution is -0.142. The summed E-state index contributed by atoms with van der Waals surface area (Å²) in [6, 6.07) is -4.82. The molecular formula is C17H31N5O7S. The van der Waals surface area contributed by atoms with Gasteiger partial charge in [-0.15, -0.1) is 0 Å². The third kappa shape index (κ3) is 10.4. The third-order valence-electron chi connectivity index (χ3n) is 3.98. The number of primary amides is 1. The van der Waals surface area contributed by atoms with Gasteiger partial charge in [0, 0.05) is 12.2 Å². The highest BCUT2D eigenvalue weighted by Gasteiger charge is 2.30. The summed E-state index contributed by atoms with van der Waals surface area (Å²) in [5.74, 6) is -4.47. The first-order valence-electron chi connectivity index (χ1n) is 9.32. The summed E-state index contributed by atoms with van der Waals surface area (Å²) in [7, 11) is 0. The van der Waals surface area contributed by atoms with Crippen LogP contribution in [-0.4, -0.2) is 76.3 Å². The van der Waals surface area contributed by atoms with E-state index < -0.39 is 60.4 Å². The molecule has 4 unspecified atom stereocenters. The van der Waals surface area contributed by atoms with Crippen LogP contribution in [-0.2, 0) is 24.0 Å². The lowest BCUT2D eigenvalue weighted by Gasteiger charge is -2.25. The number of carboxylic acids is 1. The number of nitrogens with two attached hydrogens (primary N) is 2. The van der Waals surface area contributed by atoms with Crippen LogP contribution in [0.3, 0.4) is 0 Å². The quantitative estimate of drug-likeness (QED) is 0.128. The maximum absolute atomic E-state index is 12.6. The van der Waals surface area contributed by atoms with Gasteiger partial charge in [0.15, 0.2) is 0 Å². The minimum Gasteiger partial charge on any atom is -0.480 e. The number of thiol groups is 1. The Morgan fingerprint density at radius 1 is 0.933 bits per heavy atom. The van der Waals surface area contributed by atoms with Crippen molar-refractivity contribution in [3.05, 3.63) is 0 Å². The molecule has 0 fully saturated rings. The Labute approximate surface area is 179 Å². The largest absolute Gasteiger partial charge is 0.480 e. The van der Waals surface area contributed by atoms with E-state index in [0.29, 0.717) is 0 Å². The van der Waals surface area contributed by atoms with Gasteiger partial charge in [-0.1, -0.05) is 13.8 Å². The Bertz CT molecular complexity index is 632. The van der Waals surface area contributed by atoms with Crippen molar-refractivity contribution in [2.75, 3.05) is 12.4 Å². The topological polar surface area (TPSA) is 214 Å². The number of amides is 4. The molecule has 30 heavy (non-hydrogen) atoms. The first-order valence-corrected chi connectivity index (χ1v) is 9.95. The molecule has 172 valence electrons. The lowest BCUT2D eigenvalue weighted by atomic mass is 10.0. The number of aliphatic carboxylic acids is 1. The van der Waals surface area contributed by atoms with Crippen molar-refractivity contribution in [3.8, 4) is 0 Å². The standard InChI is InChI=1S/C17H31N5O7S/c1-8(2)5-11(15(26)20-10(17(28)29)3-4-13(19)24)21-16(27)12(7-30)22-14(25)9(18)6-23/h8-12,23,30H,3-7,18H2,1-2H3,(H2,19,24)(H,20,26)(H,21,27)(H,22,25)(H,28,29). The van der Waals surface area contributed by atoms with E-state index >= 15 is 0 Å². The molecule has 9 N–H and O–H groups in total. The maximum Gasteiger partial charge on any atom is 0.326 e. The van der Waals surface area contributed by atoms with Crippen molar-refractivity contribution in [2.24, 2.45) is 17.4 Å². The van der Waals surface area contributed by atoms with Crippen LogP contribution >= 0.6 is 12.6 Å². The number of nitrogens with one attached hydrogen (secondary N) is 3. The molecule has 12 nitrogen and oxygen atoms in total. The lowest BCUT2D eigenvalue weighted by Crippen LogP contribution is -2.58. The predicted molar refractivity (Wildman–Crippen MR) is 110 cm³/mol. The van der Waals surface area contributed by atoms with E-state index in [4.69, 9.17) is 16.6 Å². The second kappa shape index (κ2) is 13.8. The molecule has 0 aromatic rings. The van der Waals surface area contributed by atoms with Gasteiger partial charge in [0.05, 0.1) is 6.61 Å². The van der Waals surface area contributed by atoms with Crippen molar-refractivity contribution >= 4 is 42.2 Å². The van der Waals surface area contributed by atoms with Gasteiger partial charge in [-0.3, -0.25) is 19.2 Å². The van der Waals surface area contributed by atoms with Crippen molar-refractivity contribution in [2.45, 2.75) is 57.3 Å². The fraction of sp³-hybridized carbons (Fsp3) is 0.706. The van der Waals surface area contributed by atoms with Gasteiger partial charge >= 0.3 is 5.97 Å². The average Bonchev–Trinajstić information content (AvgIpc) is 2.66. The predicted octanol–water partition coefficient (Wildman–Crippen LogP) is -2.91. The van der Waals surface area contributed by atoms with Gasteiger partial charge in [-0.2, -0.15) is 12.6 Å². The molecule has 13 heteroatoms. The van der Waals surface area contributed by atoms with Gasteiger partial charge in [-0.05, 0) is 18.8 Å². The monoisotopic (exact) mass is 449 g/mol. The summed E-state index contributed by atoms with van der Waals surface area (Å²) >= 11 is 4.00. The minimum absolute atomic E-state index is 0.0400. The van der Waals surface area contributed by atoms with Crippen LogP contribution in [0.4, 0.5) is 0 Å². The zero-order chi connectivity index (χ0) is 23.4. The summed E-state index contributed by atoms with van der Waals surface area (Å²) in [5, 5.41) is 25.2. The Balaban J connectivity index is 5.25. The minimum atomic E-state index is -1.36. The molecule has 0 aromatic heterocycles. The summed E-state index contributed by atoms with van der Waals surface area (Å²) in [6.07, 6.45) is -0.256. The van der Waals surface area contributed by atoms with Gasteiger partial charge in [0.1, 0.15) is 24.2 Å².